The van der Waals surface area contributed by atoms with Crippen LogP contribution in [-0.4, -0.2) is 60.2 Å². The van der Waals surface area contributed by atoms with Crippen molar-refractivity contribution in [3.63, 3.8) is 0 Å². The molecule has 1 saturated heterocycles. The van der Waals surface area contributed by atoms with Gasteiger partial charge in [0.25, 0.3) is 5.91 Å². The summed E-state index contributed by atoms with van der Waals surface area (Å²) in [5.41, 5.74) is 2.23. The van der Waals surface area contributed by atoms with E-state index in [4.69, 9.17) is 0 Å². The number of hydrogen-bond acceptors (Lipinski definition) is 6. The molecular weight excluding hydrogens is 426 g/mol. The smallest absolute Gasteiger partial charge is 0.325 e. The van der Waals surface area contributed by atoms with Crippen molar-refractivity contribution in [3.8, 4) is 0 Å². The summed E-state index contributed by atoms with van der Waals surface area (Å²) in [6.07, 6.45) is 1.92. The number of aromatic nitrogens is 1. The molecular formula is C20H25N3O5S2. The molecule has 0 aliphatic carbocycles. The van der Waals surface area contributed by atoms with Crippen LogP contribution in [0.2, 0.25) is 0 Å². The lowest BCUT2D eigenvalue weighted by atomic mass is 10.1. The number of urea groups is 1. The predicted octanol–water partition coefficient (Wildman–Crippen LogP) is 1.95. The number of ketones is 1. The minimum atomic E-state index is -3.26. The Labute approximate surface area is 179 Å². The van der Waals surface area contributed by atoms with Gasteiger partial charge in [-0.15, -0.1) is 11.3 Å². The maximum atomic E-state index is 12.9. The average Bonchev–Trinajstić information content (AvgIpc) is 3.34. The number of amides is 3. The fraction of sp³-hybridized carbons (Fsp3) is 0.450. The van der Waals surface area contributed by atoms with Crippen LogP contribution in [0.1, 0.15) is 33.0 Å². The van der Waals surface area contributed by atoms with Gasteiger partial charge in [0.15, 0.2) is 5.78 Å². The lowest BCUT2D eigenvalue weighted by Crippen LogP contribution is -2.36. The third kappa shape index (κ3) is 4.99. The molecule has 8 nitrogen and oxygen atoms in total. The number of sulfone groups is 1. The molecule has 1 aliphatic rings. The van der Waals surface area contributed by atoms with Crippen LogP contribution in [0, 0.1) is 13.8 Å². The highest BCUT2D eigenvalue weighted by molar-refractivity contribution is 7.90. The SMILES string of the molecule is Cc1cc(C(=O)CN2C(=O)N[C@@H](CCS(C)(=O)=O)C2=O)c(C)n1CCc1cccs1. The molecule has 3 amide bonds. The molecule has 1 fully saturated rings. The van der Waals surface area contributed by atoms with E-state index >= 15 is 0 Å². The van der Waals surface area contributed by atoms with Crippen LogP contribution < -0.4 is 5.32 Å². The van der Waals surface area contributed by atoms with E-state index in [0.717, 1.165) is 35.5 Å². The molecule has 0 aromatic carbocycles. The molecule has 2 aromatic rings. The first-order chi connectivity index (χ1) is 14.1. The minimum Gasteiger partial charge on any atom is -0.348 e. The van der Waals surface area contributed by atoms with Crippen molar-refractivity contribution in [2.24, 2.45) is 0 Å². The van der Waals surface area contributed by atoms with Crippen LogP contribution in [0.3, 0.4) is 0 Å². The fourth-order valence-electron chi connectivity index (χ4n) is 3.59. The Bertz CT molecular complexity index is 1070. The molecule has 3 heterocycles. The van der Waals surface area contributed by atoms with Crippen LogP contribution >= 0.6 is 11.3 Å². The first kappa shape index (κ1) is 22.2. The van der Waals surface area contributed by atoms with E-state index in [2.05, 4.69) is 16.0 Å². The zero-order chi connectivity index (χ0) is 22.1. The number of thiophene rings is 1. The highest BCUT2D eigenvalue weighted by atomic mass is 32.2. The maximum absolute atomic E-state index is 12.9. The van der Waals surface area contributed by atoms with E-state index < -0.39 is 27.8 Å². The molecule has 162 valence electrons. The monoisotopic (exact) mass is 451 g/mol. The van der Waals surface area contributed by atoms with E-state index in [9.17, 15) is 22.8 Å². The minimum absolute atomic E-state index is 0.00860. The zero-order valence-corrected chi connectivity index (χ0v) is 18.8. The van der Waals surface area contributed by atoms with Crippen molar-refractivity contribution < 1.29 is 22.8 Å². The van der Waals surface area contributed by atoms with Crippen LogP contribution in [0.5, 0.6) is 0 Å². The molecule has 0 bridgehead atoms. The molecule has 0 saturated carbocycles. The van der Waals surface area contributed by atoms with Gasteiger partial charge in [-0.1, -0.05) is 6.07 Å². The van der Waals surface area contributed by atoms with Crippen molar-refractivity contribution in [2.45, 2.75) is 39.3 Å². The first-order valence-electron chi connectivity index (χ1n) is 9.58. The Morgan fingerprint density at radius 1 is 1.27 bits per heavy atom. The number of carbonyl (C=O) groups excluding carboxylic acids is 3. The van der Waals surface area contributed by atoms with Crippen molar-refractivity contribution in [1.82, 2.24) is 14.8 Å². The summed E-state index contributed by atoms with van der Waals surface area (Å²) in [4.78, 5) is 39.6. The lowest BCUT2D eigenvalue weighted by Gasteiger charge is -2.13. The van der Waals surface area contributed by atoms with Gasteiger partial charge in [0.05, 0.1) is 12.3 Å². The number of aryl methyl sites for hydroxylation is 2. The number of nitrogens with one attached hydrogen (secondary N) is 1. The van der Waals surface area contributed by atoms with Crippen LogP contribution in [0.4, 0.5) is 4.79 Å². The van der Waals surface area contributed by atoms with Gasteiger partial charge in [0.2, 0.25) is 0 Å². The van der Waals surface area contributed by atoms with Gasteiger partial charge < -0.3 is 9.88 Å². The second-order valence-electron chi connectivity index (χ2n) is 7.53. The average molecular weight is 452 g/mol. The molecule has 1 atom stereocenters. The van der Waals surface area contributed by atoms with Gasteiger partial charge in [-0.25, -0.2) is 13.2 Å². The Morgan fingerprint density at radius 2 is 2.00 bits per heavy atom. The molecule has 2 aromatic heterocycles. The predicted molar refractivity (Wildman–Crippen MR) is 115 cm³/mol. The van der Waals surface area contributed by atoms with Crippen molar-refractivity contribution in [2.75, 3.05) is 18.6 Å². The van der Waals surface area contributed by atoms with E-state index in [1.54, 1.807) is 17.4 Å². The standard InChI is InChI=1S/C20H25N3O5S2/c1-13-11-16(14(2)22(13)8-6-15-5-4-9-29-15)18(24)12-23-19(25)17(21-20(23)26)7-10-30(3,27)28/h4-5,9,11,17H,6-8,10,12H2,1-3H3,(H,21,26)/t17-/m0/s1. The van der Waals surface area contributed by atoms with E-state index in [1.165, 1.54) is 4.88 Å². The number of Topliss-reactive ketones (excluding diaryl/α,β-unsaturated/α-hetero) is 1. The molecule has 1 N–H and O–H groups in total. The van der Waals surface area contributed by atoms with E-state index in [-0.39, 0.29) is 24.5 Å². The van der Waals surface area contributed by atoms with E-state index in [0.29, 0.717) is 5.56 Å². The summed E-state index contributed by atoms with van der Waals surface area (Å²) in [5.74, 6) is -1.10. The van der Waals surface area contributed by atoms with Gasteiger partial charge in [-0.3, -0.25) is 14.5 Å². The highest BCUT2D eigenvalue weighted by Gasteiger charge is 2.39. The van der Waals surface area contributed by atoms with Crippen LogP contribution in [-0.2, 0) is 27.6 Å². The molecule has 0 radical (unpaired) electrons. The Balaban J connectivity index is 1.67. The summed E-state index contributed by atoms with van der Waals surface area (Å²) in [6, 6.07) is 4.27. The zero-order valence-electron chi connectivity index (χ0n) is 17.2. The quantitative estimate of drug-likeness (QED) is 0.463. The molecule has 1 aliphatic heterocycles. The van der Waals surface area contributed by atoms with Gasteiger partial charge >= 0.3 is 6.03 Å². The highest BCUT2D eigenvalue weighted by Crippen LogP contribution is 2.20. The third-order valence-corrected chi connectivity index (χ3v) is 7.14. The van der Waals surface area contributed by atoms with Crippen molar-refractivity contribution >= 4 is 38.9 Å². The first-order valence-corrected chi connectivity index (χ1v) is 12.5. The number of carbonyl (C=O) groups is 3. The molecule has 10 heteroatoms. The van der Waals surface area contributed by atoms with Crippen LogP contribution in [0.25, 0.3) is 0 Å². The second kappa shape index (κ2) is 8.73. The van der Waals surface area contributed by atoms with Gasteiger partial charge in [0.1, 0.15) is 15.9 Å². The third-order valence-electron chi connectivity index (χ3n) is 5.22. The molecule has 30 heavy (non-hydrogen) atoms. The summed E-state index contributed by atoms with van der Waals surface area (Å²) < 4.78 is 24.7. The normalized spacial score (nSPS) is 16.9. The summed E-state index contributed by atoms with van der Waals surface area (Å²) >= 11 is 1.69. The Morgan fingerprint density at radius 3 is 2.63 bits per heavy atom. The second-order valence-corrected chi connectivity index (χ2v) is 10.8. The van der Waals surface area contributed by atoms with E-state index in [1.807, 2.05) is 25.3 Å². The number of rotatable bonds is 9. The summed E-state index contributed by atoms with van der Waals surface area (Å²) in [6.45, 7) is 4.15. The molecule has 0 unspecified atom stereocenters. The Kier molecular flexibility index (Phi) is 6.47. The summed E-state index contributed by atoms with van der Waals surface area (Å²) in [7, 11) is -3.26. The van der Waals surface area contributed by atoms with Crippen molar-refractivity contribution in [1.29, 1.82) is 0 Å². The maximum Gasteiger partial charge on any atom is 0.325 e. The molecule has 3 rings (SSSR count). The Hall–Kier alpha value is -2.46. The largest absolute Gasteiger partial charge is 0.348 e. The number of hydrogen-bond donors (Lipinski definition) is 1. The number of imide groups is 1. The van der Waals surface area contributed by atoms with Gasteiger partial charge in [0, 0.05) is 34.6 Å². The topological polar surface area (TPSA) is 106 Å². The summed E-state index contributed by atoms with van der Waals surface area (Å²) in [5, 5.41) is 4.50. The van der Waals surface area contributed by atoms with Gasteiger partial charge in [-0.2, -0.15) is 0 Å². The lowest BCUT2D eigenvalue weighted by molar-refractivity contribution is -0.127. The van der Waals surface area contributed by atoms with Gasteiger partial charge in [-0.05, 0) is 44.2 Å². The fourth-order valence-corrected chi connectivity index (χ4v) is 4.95. The molecule has 0 spiro atoms. The van der Waals surface area contributed by atoms with Crippen molar-refractivity contribution in [3.05, 3.63) is 45.4 Å². The van der Waals surface area contributed by atoms with Crippen LogP contribution in [0.15, 0.2) is 23.6 Å². The number of nitrogens with zero attached hydrogens (tertiary/aromatic N) is 2.